The fourth-order valence-corrected chi connectivity index (χ4v) is 2.34. The Morgan fingerprint density at radius 3 is 2.37 bits per heavy atom. The quantitative estimate of drug-likeness (QED) is 0.650. The number of anilines is 1. The second kappa shape index (κ2) is 5.82. The molecule has 0 aliphatic heterocycles. The SMILES string of the molecule is CNS(=O)(=O)CCNc1ccc(S(N)(=O)=O)cc1F. The van der Waals surface area contributed by atoms with Crippen LogP contribution in [-0.2, 0) is 20.0 Å². The highest BCUT2D eigenvalue weighted by atomic mass is 32.2. The van der Waals surface area contributed by atoms with Gasteiger partial charge in [-0.05, 0) is 25.2 Å². The number of nitrogens with two attached hydrogens (primary N) is 1. The first-order valence-corrected chi connectivity index (χ1v) is 8.33. The lowest BCUT2D eigenvalue weighted by molar-refractivity contribution is 0.588. The van der Waals surface area contributed by atoms with E-state index >= 15 is 0 Å². The fourth-order valence-electron chi connectivity index (χ4n) is 1.24. The molecule has 0 unspecified atom stereocenters. The van der Waals surface area contributed by atoms with Crippen LogP contribution in [0.15, 0.2) is 23.1 Å². The van der Waals surface area contributed by atoms with Gasteiger partial charge < -0.3 is 5.32 Å². The third-order valence-corrected chi connectivity index (χ3v) is 4.54. The summed E-state index contributed by atoms with van der Waals surface area (Å²) in [4.78, 5) is -0.349. The van der Waals surface area contributed by atoms with E-state index in [1.165, 1.54) is 13.1 Å². The van der Waals surface area contributed by atoms with Gasteiger partial charge in [-0.15, -0.1) is 0 Å². The van der Waals surface area contributed by atoms with E-state index in [1.54, 1.807) is 0 Å². The maximum Gasteiger partial charge on any atom is 0.238 e. The van der Waals surface area contributed by atoms with E-state index < -0.39 is 25.9 Å². The summed E-state index contributed by atoms with van der Waals surface area (Å²) in [6, 6.07) is 3.08. The molecule has 0 atom stereocenters. The molecule has 0 heterocycles. The largest absolute Gasteiger partial charge is 0.382 e. The summed E-state index contributed by atoms with van der Waals surface area (Å²) in [5.41, 5.74) is -0.00120. The number of halogens is 1. The van der Waals surface area contributed by atoms with Crippen LogP contribution in [0.5, 0.6) is 0 Å². The molecule has 0 saturated carbocycles. The molecule has 0 spiro atoms. The lowest BCUT2D eigenvalue weighted by Gasteiger charge is -2.08. The first-order chi connectivity index (χ1) is 8.65. The van der Waals surface area contributed by atoms with Gasteiger partial charge in [0, 0.05) is 6.54 Å². The molecule has 0 fully saturated rings. The first-order valence-electron chi connectivity index (χ1n) is 5.13. The van der Waals surface area contributed by atoms with Crippen molar-refractivity contribution in [1.29, 1.82) is 0 Å². The van der Waals surface area contributed by atoms with E-state index in [2.05, 4.69) is 10.0 Å². The Hall–Kier alpha value is -1.23. The van der Waals surface area contributed by atoms with Gasteiger partial charge in [-0.2, -0.15) is 0 Å². The normalized spacial score (nSPS) is 12.4. The molecule has 0 bridgehead atoms. The van der Waals surface area contributed by atoms with Gasteiger partial charge in [0.25, 0.3) is 0 Å². The molecule has 108 valence electrons. The summed E-state index contributed by atoms with van der Waals surface area (Å²) in [7, 11) is -6.07. The zero-order valence-electron chi connectivity index (χ0n) is 10.1. The second-order valence-corrected chi connectivity index (χ2v) is 7.24. The predicted molar refractivity (Wildman–Crippen MR) is 69.1 cm³/mol. The molecule has 7 nitrogen and oxygen atoms in total. The topological polar surface area (TPSA) is 118 Å². The van der Waals surface area contributed by atoms with Crippen molar-refractivity contribution in [2.45, 2.75) is 4.90 Å². The minimum atomic E-state index is -3.96. The summed E-state index contributed by atoms with van der Waals surface area (Å²) in [5, 5.41) is 7.40. The van der Waals surface area contributed by atoms with Crippen LogP contribution >= 0.6 is 0 Å². The van der Waals surface area contributed by atoms with E-state index in [-0.39, 0.29) is 22.9 Å². The molecular formula is C9H14FN3O4S2. The number of rotatable bonds is 6. The molecule has 0 aliphatic carbocycles. The molecule has 19 heavy (non-hydrogen) atoms. The highest BCUT2D eigenvalue weighted by molar-refractivity contribution is 7.89. The monoisotopic (exact) mass is 311 g/mol. The summed E-state index contributed by atoms with van der Waals surface area (Å²) >= 11 is 0. The fraction of sp³-hybridized carbons (Fsp3) is 0.333. The number of sulfonamides is 2. The first kappa shape index (κ1) is 15.8. The average molecular weight is 311 g/mol. The van der Waals surface area contributed by atoms with Crippen LogP contribution in [0.2, 0.25) is 0 Å². The highest BCUT2D eigenvalue weighted by Crippen LogP contribution is 2.17. The van der Waals surface area contributed by atoms with Crippen LogP contribution in [0, 0.1) is 5.82 Å². The molecule has 0 amide bonds. The van der Waals surface area contributed by atoms with Crippen LogP contribution < -0.4 is 15.2 Å². The number of hydrogen-bond donors (Lipinski definition) is 3. The van der Waals surface area contributed by atoms with Crippen LogP contribution in [0.3, 0.4) is 0 Å². The lowest BCUT2D eigenvalue weighted by atomic mass is 10.3. The van der Waals surface area contributed by atoms with Gasteiger partial charge in [0.2, 0.25) is 20.0 Å². The third kappa shape index (κ3) is 4.74. The lowest BCUT2D eigenvalue weighted by Crippen LogP contribution is -2.26. The van der Waals surface area contributed by atoms with Gasteiger partial charge in [0.1, 0.15) is 5.82 Å². The molecule has 1 rings (SSSR count). The van der Waals surface area contributed by atoms with Gasteiger partial charge >= 0.3 is 0 Å². The molecule has 1 aromatic carbocycles. The molecule has 0 radical (unpaired) electrons. The third-order valence-electron chi connectivity index (χ3n) is 2.27. The van der Waals surface area contributed by atoms with Crippen molar-refractivity contribution in [3.05, 3.63) is 24.0 Å². The molecule has 4 N–H and O–H groups in total. The maximum absolute atomic E-state index is 13.5. The predicted octanol–water partition coefficient (Wildman–Crippen LogP) is -0.566. The van der Waals surface area contributed by atoms with Crippen molar-refractivity contribution in [2.24, 2.45) is 5.14 Å². The van der Waals surface area contributed by atoms with E-state index in [0.717, 1.165) is 12.1 Å². The molecule has 1 aromatic rings. The molecule has 10 heteroatoms. The van der Waals surface area contributed by atoms with Crippen molar-refractivity contribution >= 4 is 25.7 Å². The Bertz CT molecular complexity index is 658. The summed E-state index contributed by atoms with van der Waals surface area (Å²) in [5.74, 6) is -1.06. The zero-order chi connectivity index (χ0) is 14.7. The minimum Gasteiger partial charge on any atom is -0.382 e. The van der Waals surface area contributed by atoms with Crippen molar-refractivity contribution in [1.82, 2.24) is 4.72 Å². The van der Waals surface area contributed by atoms with Crippen molar-refractivity contribution in [2.75, 3.05) is 24.7 Å². The molecule has 0 aromatic heterocycles. The minimum absolute atomic E-state index is 0.00120. The van der Waals surface area contributed by atoms with E-state index in [0.29, 0.717) is 0 Å². The van der Waals surface area contributed by atoms with E-state index in [4.69, 9.17) is 5.14 Å². The Morgan fingerprint density at radius 1 is 1.26 bits per heavy atom. The van der Waals surface area contributed by atoms with Gasteiger partial charge in [-0.3, -0.25) is 0 Å². The zero-order valence-corrected chi connectivity index (χ0v) is 11.7. The van der Waals surface area contributed by atoms with Crippen LogP contribution in [-0.4, -0.2) is 36.2 Å². The number of hydrogen-bond acceptors (Lipinski definition) is 5. The van der Waals surface area contributed by atoms with Crippen molar-refractivity contribution < 1.29 is 21.2 Å². The number of benzene rings is 1. The second-order valence-electron chi connectivity index (χ2n) is 3.64. The van der Waals surface area contributed by atoms with E-state index in [1.807, 2.05) is 0 Å². The molecule has 0 saturated heterocycles. The van der Waals surface area contributed by atoms with Crippen LogP contribution in [0.25, 0.3) is 0 Å². The number of primary sulfonamides is 1. The smallest absolute Gasteiger partial charge is 0.238 e. The van der Waals surface area contributed by atoms with Gasteiger partial charge in [-0.1, -0.05) is 0 Å². The Kier molecular flexibility index (Phi) is 4.85. The molecular weight excluding hydrogens is 297 g/mol. The van der Waals surface area contributed by atoms with Crippen LogP contribution in [0.4, 0.5) is 10.1 Å². The standard InChI is InChI=1S/C9H14FN3O4S2/c1-12-18(14,15)5-4-13-9-3-2-7(6-8(9)10)19(11,16)17/h2-3,6,12-13H,4-5H2,1H3,(H2,11,16,17). The maximum atomic E-state index is 13.5. The Balaban J connectivity index is 2.77. The van der Waals surface area contributed by atoms with Crippen molar-refractivity contribution in [3.63, 3.8) is 0 Å². The van der Waals surface area contributed by atoms with E-state index in [9.17, 15) is 21.2 Å². The molecule has 0 aliphatic rings. The summed E-state index contributed by atoms with van der Waals surface area (Å²) < 4.78 is 59.9. The summed E-state index contributed by atoms with van der Waals surface area (Å²) in [6.07, 6.45) is 0. The van der Waals surface area contributed by atoms with Gasteiger partial charge in [0.15, 0.2) is 0 Å². The van der Waals surface area contributed by atoms with Gasteiger partial charge in [-0.25, -0.2) is 31.1 Å². The highest BCUT2D eigenvalue weighted by Gasteiger charge is 2.12. The number of nitrogens with one attached hydrogen (secondary N) is 2. The Labute approximate surface area is 111 Å². The van der Waals surface area contributed by atoms with Crippen molar-refractivity contribution in [3.8, 4) is 0 Å². The Morgan fingerprint density at radius 2 is 1.89 bits per heavy atom. The van der Waals surface area contributed by atoms with Crippen LogP contribution in [0.1, 0.15) is 0 Å². The summed E-state index contributed by atoms with van der Waals surface area (Å²) in [6.45, 7) is -0.0190. The average Bonchev–Trinajstić information content (AvgIpc) is 2.30. The van der Waals surface area contributed by atoms with Gasteiger partial charge in [0.05, 0.1) is 16.3 Å².